The number of para-hydroxylation sites is 1. The third-order valence-corrected chi connectivity index (χ3v) is 5.16. The van der Waals surface area contributed by atoms with E-state index in [2.05, 4.69) is 5.32 Å². The van der Waals surface area contributed by atoms with Gasteiger partial charge in [-0.25, -0.2) is 9.78 Å². The van der Waals surface area contributed by atoms with E-state index in [0.29, 0.717) is 21.8 Å². The minimum atomic E-state index is -0.485. The molecule has 0 atom stereocenters. The number of aromatic nitrogens is 1. The van der Waals surface area contributed by atoms with Crippen LogP contribution in [0.4, 0.5) is 5.00 Å². The maximum Gasteiger partial charge on any atom is 0.340 e. The second-order valence-electron chi connectivity index (χ2n) is 6.05. The number of anilines is 1. The lowest BCUT2D eigenvalue weighted by Crippen LogP contribution is -2.14. The molecule has 1 N–H and O–H groups in total. The first-order chi connectivity index (χ1) is 13.7. The maximum atomic E-state index is 13.1. The van der Waals surface area contributed by atoms with Crippen molar-refractivity contribution in [1.82, 2.24) is 4.98 Å². The number of fused-ring (bicyclic) bond motifs is 1. The van der Waals surface area contributed by atoms with E-state index in [4.69, 9.17) is 9.72 Å². The van der Waals surface area contributed by atoms with E-state index in [9.17, 15) is 9.59 Å². The Hall–Kier alpha value is -3.51. The topological polar surface area (TPSA) is 68.3 Å². The molecule has 0 unspecified atom stereocenters. The van der Waals surface area contributed by atoms with Crippen LogP contribution in [0.3, 0.4) is 0 Å². The molecular weight excluding hydrogens is 372 g/mol. The Kier molecular flexibility index (Phi) is 4.87. The number of benzene rings is 2. The molecule has 0 radical (unpaired) electrons. The molecule has 0 aliphatic heterocycles. The number of rotatable bonds is 4. The second kappa shape index (κ2) is 7.62. The SMILES string of the molecule is COC(=O)c1ccsc1NC(=O)c1cc(-c2ccccc2)nc2ccccc12. The molecule has 138 valence electrons. The summed E-state index contributed by atoms with van der Waals surface area (Å²) in [4.78, 5) is 29.7. The summed E-state index contributed by atoms with van der Waals surface area (Å²) in [5.41, 5.74) is 3.20. The van der Waals surface area contributed by atoms with Crippen molar-refractivity contribution in [3.63, 3.8) is 0 Å². The summed E-state index contributed by atoms with van der Waals surface area (Å²) in [6.45, 7) is 0. The number of ether oxygens (including phenoxy) is 1. The summed E-state index contributed by atoms with van der Waals surface area (Å²) in [6.07, 6.45) is 0. The molecule has 28 heavy (non-hydrogen) atoms. The van der Waals surface area contributed by atoms with E-state index in [1.165, 1.54) is 18.4 Å². The van der Waals surface area contributed by atoms with Crippen molar-refractivity contribution < 1.29 is 14.3 Å². The number of amides is 1. The molecule has 5 nitrogen and oxygen atoms in total. The van der Waals surface area contributed by atoms with Gasteiger partial charge in [-0.05, 0) is 23.6 Å². The zero-order valence-electron chi connectivity index (χ0n) is 15.0. The van der Waals surface area contributed by atoms with Crippen LogP contribution in [0.1, 0.15) is 20.7 Å². The van der Waals surface area contributed by atoms with Gasteiger partial charge in [0.25, 0.3) is 5.91 Å². The summed E-state index contributed by atoms with van der Waals surface area (Å²) in [5.74, 6) is -0.788. The Morgan fingerprint density at radius 3 is 2.50 bits per heavy atom. The number of nitrogens with one attached hydrogen (secondary N) is 1. The van der Waals surface area contributed by atoms with E-state index >= 15 is 0 Å². The van der Waals surface area contributed by atoms with Crippen molar-refractivity contribution >= 4 is 39.1 Å². The minimum absolute atomic E-state index is 0.302. The van der Waals surface area contributed by atoms with Crippen molar-refractivity contribution in [2.45, 2.75) is 0 Å². The Morgan fingerprint density at radius 1 is 0.964 bits per heavy atom. The quantitative estimate of drug-likeness (QED) is 0.500. The smallest absolute Gasteiger partial charge is 0.340 e. The van der Waals surface area contributed by atoms with E-state index in [-0.39, 0.29) is 5.91 Å². The highest BCUT2D eigenvalue weighted by Crippen LogP contribution is 2.28. The summed E-state index contributed by atoms with van der Waals surface area (Å²) < 4.78 is 4.78. The van der Waals surface area contributed by atoms with Crippen LogP contribution in [0, 0.1) is 0 Å². The van der Waals surface area contributed by atoms with Crippen LogP contribution in [0.2, 0.25) is 0 Å². The van der Waals surface area contributed by atoms with Crippen LogP contribution in [0.25, 0.3) is 22.2 Å². The molecule has 0 saturated heterocycles. The Morgan fingerprint density at radius 2 is 1.71 bits per heavy atom. The van der Waals surface area contributed by atoms with E-state index in [1.807, 2.05) is 54.6 Å². The summed E-state index contributed by atoms with van der Waals surface area (Å²) >= 11 is 1.27. The average Bonchev–Trinajstić information content (AvgIpc) is 3.21. The second-order valence-corrected chi connectivity index (χ2v) is 6.96. The lowest BCUT2D eigenvalue weighted by atomic mass is 10.0. The molecule has 4 rings (SSSR count). The number of hydrogen-bond donors (Lipinski definition) is 1. The van der Waals surface area contributed by atoms with Crippen molar-refractivity contribution in [2.24, 2.45) is 0 Å². The molecule has 2 aromatic carbocycles. The zero-order chi connectivity index (χ0) is 19.5. The highest BCUT2D eigenvalue weighted by Gasteiger charge is 2.19. The monoisotopic (exact) mass is 388 g/mol. The first-order valence-electron chi connectivity index (χ1n) is 8.60. The molecule has 0 fully saturated rings. The first-order valence-corrected chi connectivity index (χ1v) is 9.47. The van der Waals surface area contributed by atoms with Crippen LogP contribution in [0.15, 0.2) is 72.1 Å². The molecule has 0 bridgehead atoms. The van der Waals surface area contributed by atoms with Gasteiger partial charge in [0.2, 0.25) is 0 Å². The van der Waals surface area contributed by atoms with E-state index < -0.39 is 5.97 Å². The van der Waals surface area contributed by atoms with Gasteiger partial charge in [0.1, 0.15) is 5.00 Å². The van der Waals surface area contributed by atoms with E-state index in [1.54, 1.807) is 17.5 Å². The molecule has 2 heterocycles. The molecule has 0 spiro atoms. The molecule has 0 aliphatic carbocycles. The van der Waals surface area contributed by atoms with Crippen molar-refractivity contribution in [3.8, 4) is 11.3 Å². The normalized spacial score (nSPS) is 10.6. The predicted molar refractivity (Wildman–Crippen MR) is 111 cm³/mol. The lowest BCUT2D eigenvalue weighted by Gasteiger charge is -2.10. The van der Waals surface area contributed by atoms with Gasteiger partial charge in [0, 0.05) is 10.9 Å². The number of thiophene rings is 1. The van der Waals surface area contributed by atoms with Crippen LogP contribution >= 0.6 is 11.3 Å². The van der Waals surface area contributed by atoms with Gasteiger partial charge in [-0.15, -0.1) is 11.3 Å². The van der Waals surface area contributed by atoms with Gasteiger partial charge >= 0.3 is 5.97 Å². The third kappa shape index (κ3) is 3.37. The number of methoxy groups -OCH3 is 1. The summed E-state index contributed by atoms with van der Waals surface area (Å²) in [7, 11) is 1.31. The van der Waals surface area contributed by atoms with Gasteiger partial charge in [-0.2, -0.15) is 0 Å². The first kappa shape index (κ1) is 17.9. The Bertz CT molecular complexity index is 1170. The fourth-order valence-electron chi connectivity index (χ4n) is 2.97. The highest BCUT2D eigenvalue weighted by atomic mass is 32.1. The molecule has 6 heteroatoms. The zero-order valence-corrected chi connectivity index (χ0v) is 15.8. The average molecular weight is 388 g/mol. The largest absolute Gasteiger partial charge is 0.465 e. The predicted octanol–water partition coefficient (Wildman–Crippen LogP) is 5.00. The van der Waals surface area contributed by atoms with Crippen LogP contribution < -0.4 is 5.32 Å². The van der Waals surface area contributed by atoms with Gasteiger partial charge in [0.05, 0.1) is 29.4 Å². The van der Waals surface area contributed by atoms with Crippen LogP contribution in [-0.4, -0.2) is 24.0 Å². The fraction of sp³-hybridized carbons (Fsp3) is 0.0455. The van der Waals surface area contributed by atoms with Crippen molar-refractivity contribution in [1.29, 1.82) is 0 Å². The van der Waals surface area contributed by atoms with Crippen LogP contribution in [0.5, 0.6) is 0 Å². The number of carbonyl (C=O) groups is 2. The highest BCUT2D eigenvalue weighted by molar-refractivity contribution is 7.14. The maximum absolute atomic E-state index is 13.1. The fourth-order valence-corrected chi connectivity index (χ4v) is 3.74. The Balaban J connectivity index is 1.78. The van der Waals surface area contributed by atoms with Gasteiger partial charge in [-0.1, -0.05) is 48.5 Å². The third-order valence-electron chi connectivity index (χ3n) is 4.33. The number of hydrogen-bond acceptors (Lipinski definition) is 5. The molecule has 2 aromatic heterocycles. The summed E-state index contributed by atoms with van der Waals surface area (Å²) in [6, 6.07) is 20.6. The number of pyridine rings is 1. The molecule has 1 amide bonds. The molecule has 0 saturated carbocycles. The summed E-state index contributed by atoms with van der Waals surface area (Å²) in [5, 5.41) is 5.79. The van der Waals surface area contributed by atoms with Crippen LogP contribution in [-0.2, 0) is 4.74 Å². The lowest BCUT2D eigenvalue weighted by molar-refractivity contribution is 0.0602. The molecule has 4 aromatic rings. The minimum Gasteiger partial charge on any atom is -0.465 e. The molecular formula is C22H16N2O3S. The van der Waals surface area contributed by atoms with Crippen molar-refractivity contribution in [3.05, 3.63) is 83.2 Å². The Labute approximate surface area is 165 Å². The van der Waals surface area contributed by atoms with Gasteiger partial charge in [-0.3, -0.25) is 4.79 Å². The van der Waals surface area contributed by atoms with Gasteiger partial charge in [0.15, 0.2) is 0 Å². The standard InChI is InChI=1S/C22H16N2O3S/c1-27-22(26)16-11-12-28-21(16)24-20(25)17-13-19(14-7-3-2-4-8-14)23-18-10-6-5-9-15(17)18/h2-13H,1H3,(H,24,25). The number of esters is 1. The van der Waals surface area contributed by atoms with Crippen molar-refractivity contribution in [2.75, 3.05) is 12.4 Å². The number of nitrogens with zero attached hydrogens (tertiary/aromatic N) is 1. The van der Waals surface area contributed by atoms with Gasteiger partial charge < -0.3 is 10.1 Å². The van der Waals surface area contributed by atoms with E-state index in [0.717, 1.165) is 16.5 Å². The number of carbonyl (C=O) groups excluding carboxylic acids is 2. The molecule has 0 aliphatic rings.